The second-order valence-corrected chi connectivity index (χ2v) is 5.48. The van der Waals surface area contributed by atoms with Crippen molar-refractivity contribution in [2.45, 2.75) is 24.8 Å². The monoisotopic (exact) mass is 233 g/mol. The zero-order chi connectivity index (χ0) is 11.0. The number of aromatic nitrogens is 1. The van der Waals surface area contributed by atoms with E-state index in [0.29, 0.717) is 6.54 Å². The summed E-state index contributed by atoms with van der Waals surface area (Å²) in [7, 11) is 0. The molecule has 3 rings (SSSR count). The molecule has 2 aromatic rings. The van der Waals surface area contributed by atoms with Crippen LogP contribution < -0.4 is 11.1 Å². The zero-order valence-electron chi connectivity index (χ0n) is 9.07. The first-order valence-electron chi connectivity index (χ1n) is 5.65. The molecule has 1 aliphatic carbocycles. The van der Waals surface area contributed by atoms with Crippen LogP contribution in [-0.2, 0) is 0 Å². The molecule has 3 N–H and O–H groups in total. The third-order valence-electron chi connectivity index (χ3n) is 3.37. The van der Waals surface area contributed by atoms with E-state index in [-0.39, 0.29) is 5.54 Å². The molecule has 1 aromatic carbocycles. The Morgan fingerprint density at radius 2 is 2.19 bits per heavy atom. The number of benzene rings is 1. The summed E-state index contributed by atoms with van der Waals surface area (Å²) in [6.07, 6.45) is 3.61. The second-order valence-electron chi connectivity index (χ2n) is 4.45. The van der Waals surface area contributed by atoms with Crippen LogP contribution in [0.2, 0.25) is 0 Å². The molecule has 3 nitrogen and oxygen atoms in total. The highest BCUT2D eigenvalue weighted by Gasteiger charge is 2.36. The molecular weight excluding hydrogens is 218 g/mol. The Hall–Kier alpha value is -1.13. The highest BCUT2D eigenvalue weighted by Crippen LogP contribution is 2.36. The van der Waals surface area contributed by atoms with Crippen LogP contribution in [0.1, 0.15) is 19.3 Å². The average molecular weight is 233 g/mol. The number of anilines is 1. The Labute approximate surface area is 98.7 Å². The van der Waals surface area contributed by atoms with Gasteiger partial charge in [0.1, 0.15) is 0 Å². The van der Waals surface area contributed by atoms with Crippen LogP contribution in [0.5, 0.6) is 0 Å². The quantitative estimate of drug-likeness (QED) is 0.856. The SMILES string of the molecule is NCC1(Nc2nc3ccccc3s2)CCC1. The number of nitrogens with two attached hydrogens (primary N) is 1. The first-order valence-corrected chi connectivity index (χ1v) is 6.47. The lowest BCUT2D eigenvalue weighted by molar-refractivity contribution is 0.287. The molecule has 0 atom stereocenters. The molecule has 1 saturated carbocycles. The maximum atomic E-state index is 5.83. The van der Waals surface area contributed by atoms with Gasteiger partial charge in [-0.15, -0.1) is 0 Å². The lowest BCUT2D eigenvalue weighted by Crippen LogP contribution is -2.51. The van der Waals surface area contributed by atoms with Gasteiger partial charge in [-0.05, 0) is 31.4 Å². The van der Waals surface area contributed by atoms with Crippen molar-refractivity contribution in [2.75, 3.05) is 11.9 Å². The molecule has 0 aliphatic heterocycles. The van der Waals surface area contributed by atoms with E-state index in [0.717, 1.165) is 10.6 Å². The lowest BCUT2D eigenvalue weighted by Gasteiger charge is -2.41. The molecule has 0 saturated heterocycles. The van der Waals surface area contributed by atoms with Gasteiger partial charge < -0.3 is 11.1 Å². The van der Waals surface area contributed by atoms with E-state index in [9.17, 15) is 0 Å². The predicted molar refractivity (Wildman–Crippen MR) is 68.9 cm³/mol. The number of hydrogen-bond acceptors (Lipinski definition) is 4. The first kappa shape index (κ1) is 10.1. The van der Waals surface area contributed by atoms with E-state index in [4.69, 9.17) is 5.73 Å². The van der Waals surface area contributed by atoms with Crippen molar-refractivity contribution < 1.29 is 0 Å². The summed E-state index contributed by atoms with van der Waals surface area (Å²) in [5.41, 5.74) is 7.01. The Kier molecular flexibility index (Phi) is 2.33. The van der Waals surface area contributed by atoms with Gasteiger partial charge in [-0.1, -0.05) is 23.5 Å². The number of nitrogens with one attached hydrogen (secondary N) is 1. The largest absolute Gasteiger partial charge is 0.355 e. The second kappa shape index (κ2) is 3.71. The van der Waals surface area contributed by atoms with Crippen molar-refractivity contribution in [3.05, 3.63) is 24.3 Å². The van der Waals surface area contributed by atoms with Gasteiger partial charge in [0.15, 0.2) is 5.13 Å². The van der Waals surface area contributed by atoms with Crippen LogP contribution in [0.4, 0.5) is 5.13 Å². The van der Waals surface area contributed by atoms with Crippen LogP contribution in [0.15, 0.2) is 24.3 Å². The molecule has 4 heteroatoms. The van der Waals surface area contributed by atoms with Crippen LogP contribution in [0, 0.1) is 0 Å². The number of fused-ring (bicyclic) bond motifs is 1. The van der Waals surface area contributed by atoms with E-state index in [2.05, 4.69) is 16.4 Å². The van der Waals surface area contributed by atoms with Crippen molar-refractivity contribution in [3.63, 3.8) is 0 Å². The van der Waals surface area contributed by atoms with Crippen LogP contribution >= 0.6 is 11.3 Å². The number of hydrogen-bond donors (Lipinski definition) is 2. The lowest BCUT2D eigenvalue weighted by atomic mass is 9.77. The maximum Gasteiger partial charge on any atom is 0.184 e. The molecular formula is C12H15N3S. The minimum atomic E-state index is 0.119. The minimum Gasteiger partial charge on any atom is -0.355 e. The van der Waals surface area contributed by atoms with Gasteiger partial charge in [0, 0.05) is 6.54 Å². The van der Waals surface area contributed by atoms with Gasteiger partial charge in [0.05, 0.1) is 15.8 Å². The van der Waals surface area contributed by atoms with E-state index < -0.39 is 0 Å². The van der Waals surface area contributed by atoms with Gasteiger partial charge in [0.2, 0.25) is 0 Å². The molecule has 0 spiro atoms. The van der Waals surface area contributed by atoms with Crippen molar-refractivity contribution >= 4 is 26.7 Å². The fourth-order valence-corrected chi connectivity index (χ4v) is 3.12. The van der Waals surface area contributed by atoms with E-state index in [1.165, 1.54) is 24.0 Å². The summed E-state index contributed by atoms with van der Waals surface area (Å²) in [5, 5.41) is 4.52. The third-order valence-corrected chi connectivity index (χ3v) is 4.32. The fraction of sp³-hybridized carbons (Fsp3) is 0.417. The molecule has 0 amide bonds. The van der Waals surface area contributed by atoms with Crippen molar-refractivity contribution in [1.82, 2.24) is 4.98 Å². The normalized spacial score (nSPS) is 18.3. The topological polar surface area (TPSA) is 50.9 Å². The van der Waals surface area contributed by atoms with E-state index in [1.54, 1.807) is 11.3 Å². The summed E-state index contributed by atoms with van der Waals surface area (Å²) in [6, 6.07) is 8.22. The molecule has 0 unspecified atom stereocenters. The first-order chi connectivity index (χ1) is 7.81. The zero-order valence-corrected chi connectivity index (χ0v) is 9.89. The van der Waals surface area contributed by atoms with Crippen LogP contribution in [-0.4, -0.2) is 17.1 Å². The Morgan fingerprint density at radius 3 is 2.81 bits per heavy atom. The summed E-state index contributed by atoms with van der Waals surface area (Å²) < 4.78 is 1.23. The summed E-state index contributed by atoms with van der Waals surface area (Å²) >= 11 is 1.71. The molecule has 0 radical (unpaired) electrons. The molecule has 1 aliphatic rings. The van der Waals surface area contributed by atoms with Crippen molar-refractivity contribution in [2.24, 2.45) is 5.73 Å². The van der Waals surface area contributed by atoms with Crippen molar-refractivity contribution in [3.8, 4) is 0 Å². The van der Waals surface area contributed by atoms with Crippen LogP contribution in [0.25, 0.3) is 10.2 Å². The Bertz CT molecular complexity index is 463. The molecule has 16 heavy (non-hydrogen) atoms. The smallest absolute Gasteiger partial charge is 0.184 e. The average Bonchev–Trinajstić information content (AvgIpc) is 2.65. The molecule has 1 aromatic heterocycles. The number of nitrogens with zero attached hydrogens (tertiary/aromatic N) is 1. The molecule has 84 valence electrons. The summed E-state index contributed by atoms with van der Waals surface area (Å²) in [5.74, 6) is 0. The van der Waals surface area contributed by atoms with E-state index >= 15 is 0 Å². The fourth-order valence-electron chi connectivity index (χ4n) is 2.14. The predicted octanol–water partition coefficient (Wildman–Crippen LogP) is 2.59. The Morgan fingerprint density at radius 1 is 1.38 bits per heavy atom. The third kappa shape index (κ3) is 1.58. The summed E-state index contributed by atoms with van der Waals surface area (Å²) in [6.45, 7) is 0.697. The molecule has 1 heterocycles. The highest BCUT2D eigenvalue weighted by molar-refractivity contribution is 7.22. The standard InChI is InChI=1S/C12H15N3S/c13-8-12(6-3-7-12)15-11-14-9-4-1-2-5-10(9)16-11/h1-2,4-5H,3,6-8,13H2,(H,14,15). The minimum absolute atomic E-state index is 0.119. The van der Waals surface area contributed by atoms with Gasteiger partial charge >= 0.3 is 0 Å². The number of thiazole rings is 1. The highest BCUT2D eigenvalue weighted by atomic mass is 32.1. The number of rotatable bonds is 3. The van der Waals surface area contributed by atoms with Gasteiger partial charge in [0.25, 0.3) is 0 Å². The molecule has 1 fully saturated rings. The van der Waals surface area contributed by atoms with Gasteiger partial charge in [-0.3, -0.25) is 0 Å². The van der Waals surface area contributed by atoms with E-state index in [1.807, 2.05) is 18.2 Å². The van der Waals surface area contributed by atoms with Gasteiger partial charge in [-0.25, -0.2) is 4.98 Å². The van der Waals surface area contributed by atoms with Crippen molar-refractivity contribution in [1.29, 1.82) is 0 Å². The summed E-state index contributed by atoms with van der Waals surface area (Å²) in [4.78, 5) is 4.58. The Balaban J connectivity index is 1.89. The maximum absolute atomic E-state index is 5.83. The number of para-hydroxylation sites is 1. The molecule has 0 bridgehead atoms. The van der Waals surface area contributed by atoms with Crippen LogP contribution in [0.3, 0.4) is 0 Å². The van der Waals surface area contributed by atoms with Gasteiger partial charge in [-0.2, -0.15) is 0 Å².